The highest BCUT2D eigenvalue weighted by Crippen LogP contribution is 2.51. The average Bonchev–Trinajstić information content (AvgIpc) is 1.28. The van der Waals surface area contributed by atoms with E-state index in [2.05, 4.69) is 341 Å². The van der Waals surface area contributed by atoms with Crippen LogP contribution in [0.2, 0.25) is 0 Å². The summed E-state index contributed by atoms with van der Waals surface area (Å²) < 4.78 is 9.39. The van der Waals surface area contributed by atoms with Crippen LogP contribution < -0.4 is 31.1 Å². The van der Waals surface area contributed by atoms with Crippen molar-refractivity contribution in [2.75, 3.05) is 14.7 Å². The van der Waals surface area contributed by atoms with E-state index in [-0.39, 0.29) is 23.0 Å². The Morgan fingerprint density at radius 2 is 0.934 bits per heavy atom. The molecule has 13 aromatic rings. The monoisotopic (exact) mass is 1180 g/mol. The van der Waals surface area contributed by atoms with Gasteiger partial charge in [0, 0.05) is 78.5 Å². The lowest BCUT2D eigenvalue weighted by Gasteiger charge is -2.45. The minimum Gasteiger partial charge on any atom is -0.455 e. The van der Waals surface area contributed by atoms with Crippen LogP contribution in [0.4, 0.5) is 51.2 Å². The summed E-state index contributed by atoms with van der Waals surface area (Å²) in [6.45, 7) is 32.2. The van der Waals surface area contributed by atoms with Crippen molar-refractivity contribution >= 4 is 107 Å². The lowest BCUT2D eigenvalue weighted by Crippen LogP contribution is -2.61. The molecule has 91 heavy (non-hydrogen) atoms. The van der Waals surface area contributed by atoms with Gasteiger partial charge in [-0.25, -0.2) is 0 Å². The molecule has 2 aromatic heterocycles. The molecule has 0 spiro atoms. The minimum atomic E-state index is -0.109. The first-order valence-corrected chi connectivity index (χ1v) is 32.4. The number of aromatic nitrogens is 1. The third-order valence-corrected chi connectivity index (χ3v) is 19.5. The van der Waals surface area contributed by atoms with E-state index in [1.165, 1.54) is 88.8 Å². The molecule has 0 N–H and O–H groups in total. The molecular weight excluding hydrogens is 1100 g/mol. The molecule has 2 aliphatic rings. The Balaban J connectivity index is 0.980. The number of anilines is 9. The molecule has 0 amide bonds. The standard InChI is InChI=1S/C85H79BN4O/c1-52-43-75-80-76(44-52)90(65-47-53(2)78(54(3)48-65)82-79(57-25-17-15-18-26-57)68-30-22-24-32-77(68)91-82)72-42-35-59(84(9,10)11)49-70(72)86(80)69-41-39-64(51-74(69)89(75)62-36-33-58(34-37-62)83(6,7)8)87(81-55(4)45-60(46-56(81)5)85(12,13)14)63-38-40-67-66-29-21-23-31-71(66)88(73(67)50-63)61-27-19-16-20-28-61/h15-51H,1-14H3. The first kappa shape index (κ1) is 57.7. The summed E-state index contributed by atoms with van der Waals surface area (Å²) >= 11 is 0. The van der Waals surface area contributed by atoms with E-state index in [4.69, 9.17) is 4.42 Å². The molecule has 11 aromatic carbocycles. The second-order valence-corrected chi connectivity index (χ2v) is 28.9. The average molecular weight is 1180 g/mol. The van der Waals surface area contributed by atoms with Crippen molar-refractivity contribution in [2.24, 2.45) is 0 Å². The van der Waals surface area contributed by atoms with Crippen LogP contribution in [-0.2, 0) is 16.2 Å². The molecule has 4 heterocycles. The van der Waals surface area contributed by atoms with Crippen molar-refractivity contribution in [3.8, 4) is 28.1 Å². The quantitative estimate of drug-likeness (QED) is 0.142. The zero-order chi connectivity index (χ0) is 63.2. The van der Waals surface area contributed by atoms with Crippen LogP contribution in [0.5, 0.6) is 0 Å². The second kappa shape index (κ2) is 21.2. The maximum atomic E-state index is 6.95. The van der Waals surface area contributed by atoms with Crippen molar-refractivity contribution in [3.63, 3.8) is 0 Å². The summed E-state index contributed by atoms with van der Waals surface area (Å²) in [4.78, 5) is 7.72. The van der Waals surface area contributed by atoms with Gasteiger partial charge >= 0.3 is 0 Å². The van der Waals surface area contributed by atoms with E-state index in [1.54, 1.807) is 0 Å². The SMILES string of the molecule is Cc1cc2c3c(c1)N(c1ccc(C(C)(C)C)cc1)c1cc(N(c4ccc5c6ccccc6n(-c6ccccc6)c5c4)c4c(C)cc(C(C)(C)C)cc4C)ccc1B3c1cc(C(C)(C)C)ccc1N2c1cc(C)c(-c2oc3ccccc3c2-c2ccccc2)c(C)c1. The Bertz CT molecular complexity index is 5020. The fourth-order valence-electron chi connectivity index (χ4n) is 15.0. The molecule has 448 valence electrons. The maximum Gasteiger partial charge on any atom is 0.252 e. The van der Waals surface area contributed by atoms with Crippen LogP contribution in [0, 0.1) is 34.6 Å². The normalized spacial score (nSPS) is 13.1. The van der Waals surface area contributed by atoms with Gasteiger partial charge in [-0.1, -0.05) is 196 Å². The molecular formula is C85H79BN4O. The van der Waals surface area contributed by atoms with Gasteiger partial charge in [0.2, 0.25) is 0 Å². The predicted octanol–water partition coefficient (Wildman–Crippen LogP) is 21.9. The molecule has 0 radical (unpaired) electrons. The van der Waals surface area contributed by atoms with E-state index >= 15 is 0 Å². The smallest absolute Gasteiger partial charge is 0.252 e. The summed E-state index contributed by atoms with van der Waals surface area (Å²) in [6, 6.07) is 84.7. The van der Waals surface area contributed by atoms with Gasteiger partial charge < -0.3 is 23.7 Å². The molecule has 0 saturated heterocycles. The van der Waals surface area contributed by atoms with Crippen molar-refractivity contribution in [3.05, 3.63) is 269 Å². The lowest BCUT2D eigenvalue weighted by atomic mass is 9.33. The van der Waals surface area contributed by atoms with E-state index in [1.807, 2.05) is 0 Å². The number of benzene rings is 11. The Hall–Kier alpha value is -9.78. The molecule has 0 bridgehead atoms. The molecule has 0 aliphatic carbocycles. The van der Waals surface area contributed by atoms with E-state index in [9.17, 15) is 0 Å². The maximum absolute atomic E-state index is 6.95. The predicted molar refractivity (Wildman–Crippen MR) is 390 cm³/mol. The van der Waals surface area contributed by atoms with Crippen LogP contribution in [0.25, 0.3) is 60.9 Å². The molecule has 6 heteroatoms. The number of hydrogen-bond acceptors (Lipinski definition) is 4. The van der Waals surface area contributed by atoms with Gasteiger partial charge in [0.25, 0.3) is 6.71 Å². The lowest BCUT2D eigenvalue weighted by molar-refractivity contribution is 0.589. The fraction of sp³-hybridized carbons (Fsp3) is 0.200. The summed E-state index contributed by atoms with van der Waals surface area (Å²) in [6.07, 6.45) is 0. The third-order valence-electron chi connectivity index (χ3n) is 19.5. The minimum absolute atomic E-state index is 0.0283. The first-order chi connectivity index (χ1) is 43.6. The summed E-state index contributed by atoms with van der Waals surface area (Å²) in [5.41, 5.74) is 31.7. The molecule has 0 fully saturated rings. The van der Waals surface area contributed by atoms with Gasteiger partial charge in [0.05, 0.1) is 16.7 Å². The first-order valence-electron chi connectivity index (χ1n) is 32.4. The van der Waals surface area contributed by atoms with Gasteiger partial charge in [0.15, 0.2) is 0 Å². The highest BCUT2D eigenvalue weighted by atomic mass is 16.3. The largest absolute Gasteiger partial charge is 0.455 e. The van der Waals surface area contributed by atoms with Gasteiger partial charge in [-0.3, -0.25) is 0 Å². The summed E-state index contributed by atoms with van der Waals surface area (Å²) in [5.74, 6) is 0.904. The number of hydrogen-bond donors (Lipinski definition) is 0. The third kappa shape index (κ3) is 9.51. The van der Waals surface area contributed by atoms with Gasteiger partial charge in [-0.15, -0.1) is 0 Å². The van der Waals surface area contributed by atoms with E-state index in [0.29, 0.717) is 0 Å². The zero-order valence-corrected chi connectivity index (χ0v) is 55.1. The Kier molecular flexibility index (Phi) is 13.4. The van der Waals surface area contributed by atoms with Crippen LogP contribution in [0.3, 0.4) is 0 Å². The Labute approximate surface area is 537 Å². The van der Waals surface area contributed by atoms with Crippen LogP contribution >= 0.6 is 0 Å². The van der Waals surface area contributed by atoms with Crippen molar-refractivity contribution in [2.45, 2.75) is 113 Å². The molecule has 0 atom stereocenters. The molecule has 0 saturated carbocycles. The number of rotatable bonds is 8. The van der Waals surface area contributed by atoms with E-state index in [0.717, 1.165) is 84.2 Å². The van der Waals surface area contributed by atoms with Gasteiger partial charge in [-0.05, 0) is 208 Å². The van der Waals surface area contributed by atoms with Crippen LogP contribution in [0.1, 0.15) is 107 Å². The summed E-state index contributed by atoms with van der Waals surface area (Å²) in [5, 5.41) is 3.58. The van der Waals surface area contributed by atoms with Crippen molar-refractivity contribution in [1.29, 1.82) is 0 Å². The van der Waals surface area contributed by atoms with Gasteiger partial charge in [0.1, 0.15) is 11.3 Å². The topological polar surface area (TPSA) is 27.8 Å². The van der Waals surface area contributed by atoms with E-state index < -0.39 is 0 Å². The number of para-hydroxylation sites is 3. The number of fused-ring (bicyclic) bond motifs is 8. The molecule has 0 unspecified atom stereocenters. The molecule has 5 nitrogen and oxygen atoms in total. The zero-order valence-electron chi connectivity index (χ0n) is 55.1. The van der Waals surface area contributed by atoms with Crippen LogP contribution in [-0.4, -0.2) is 11.3 Å². The van der Waals surface area contributed by atoms with Crippen LogP contribution in [0.15, 0.2) is 229 Å². The molecule has 15 rings (SSSR count). The number of furan rings is 1. The number of aryl methyl sites for hydroxylation is 5. The molecule has 2 aliphatic heterocycles. The van der Waals surface area contributed by atoms with Crippen molar-refractivity contribution < 1.29 is 4.42 Å². The highest BCUT2D eigenvalue weighted by Gasteiger charge is 2.45. The van der Waals surface area contributed by atoms with Crippen molar-refractivity contribution in [1.82, 2.24) is 4.57 Å². The summed E-state index contributed by atoms with van der Waals surface area (Å²) in [7, 11) is 0. The Morgan fingerprint density at radius 3 is 1.59 bits per heavy atom. The van der Waals surface area contributed by atoms with Gasteiger partial charge in [-0.2, -0.15) is 0 Å². The highest BCUT2D eigenvalue weighted by molar-refractivity contribution is 7.00. The second-order valence-electron chi connectivity index (χ2n) is 28.9. The fourth-order valence-corrected chi connectivity index (χ4v) is 15.0. The Morgan fingerprint density at radius 1 is 0.374 bits per heavy atom. The number of nitrogens with zero attached hydrogens (tertiary/aromatic N) is 4.